The molecule has 5 heteroatoms. The molecule has 0 saturated carbocycles. The van der Waals surface area contributed by atoms with Gasteiger partial charge < -0.3 is 10.5 Å². The van der Waals surface area contributed by atoms with E-state index in [-0.39, 0.29) is 17.0 Å². The SMILES string of the molecule is CC(C)c1cccc(C(F)(F)[C@@H](OC(N)=O)c2ccccc2)c1. The summed E-state index contributed by atoms with van der Waals surface area (Å²) in [6.07, 6.45) is -3.01. The minimum Gasteiger partial charge on any atom is -0.435 e. The van der Waals surface area contributed by atoms with E-state index in [1.807, 2.05) is 13.8 Å². The van der Waals surface area contributed by atoms with Crippen LogP contribution in [0.1, 0.15) is 42.6 Å². The number of amides is 1. The van der Waals surface area contributed by atoms with Gasteiger partial charge in [-0.1, -0.05) is 62.4 Å². The van der Waals surface area contributed by atoms with E-state index in [0.717, 1.165) is 5.56 Å². The van der Waals surface area contributed by atoms with Gasteiger partial charge in [0.1, 0.15) is 0 Å². The number of halogens is 2. The summed E-state index contributed by atoms with van der Waals surface area (Å²) in [5, 5.41) is 0. The normalized spacial score (nSPS) is 12.9. The number of carbonyl (C=O) groups is 1. The summed E-state index contributed by atoms with van der Waals surface area (Å²) in [5.41, 5.74) is 5.75. The summed E-state index contributed by atoms with van der Waals surface area (Å²) in [6.45, 7) is 3.84. The van der Waals surface area contributed by atoms with Crippen molar-refractivity contribution >= 4 is 6.09 Å². The average molecular weight is 319 g/mol. The number of ether oxygens (including phenoxy) is 1. The third-order valence-electron chi connectivity index (χ3n) is 3.60. The lowest BCUT2D eigenvalue weighted by molar-refractivity contribution is -0.119. The molecule has 23 heavy (non-hydrogen) atoms. The van der Waals surface area contributed by atoms with E-state index in [0.29, 0.717) is 0 Å². The van der Waals surface area contributed by atoms with Gasteiger partial charge in [-0.05, 0) is 23.1 Å². The molecule has 122 valence electrons. The molecule has 0 saturated heterocycles. The minimum atomic E-state index is -3.40. The third-order valence-corrected chi connectivity index (χ3v) is 3.60. The molecule has 0 radical (unpaired) electrons. The molecule has 2 aromatic carbocycles. The van der Waals surface area contributed by atoms with Crippen LogP contribution in [0.2, 0.25) is 0 Å². The maximum Gasteiger partial charge on any atom is 0.405 e. The van der Waals surface area contributed by atoms with E-state index < -0.39 is 18.1 Å². The van der Waals surface area contributed by atoms with Gasteiger partial charge in [0, 0.05) is 5.56 Å². The monoisotopic (exact) mass is 319 g/mol. The molecule has 0 spiro atoms. The zero-order valence-electron chi connectivity index (χ0n) is 13.0. The van der Waals surface area contributed by atoms with Crippen molar-refractivity contribution < 1.29 is 18.3 Å². The molecule has 1 atom stereocenters. The standard InChI is InChI=1S/C18H19F2NO2/c1-12(2)14-9-6-10-15(11-14)18(19,20)16(23-17(21)22)13-7-4-3-5-8-13/h3-12,16H,1-2H3,(H2,21,22)/t16-/m0/s1. The Kier molecular flexibility index (Phi) is 4.98. The Morgan fingerprint density at radius 3 is 2.22 bits per heavy atom. The molecule has 2 aromatic rings. The number of alkyl halides is 2. The lowest BCUT2D eigenvalue weighted by Crippen LogP contribution is -2.30. The summed E-state index contributed by atoms with van der Waals surface area (Å²) in [4.78, 5) is 11.1. The van der Waals surface area contributed by atoms with Crippen LogP contribution in [0.15, 0.2) is 54.6 Å². The van der Waals surface area contributed by atoms with Gasteiger partial charge in [0.15, 0.2) is 6.10 Å². The summed E-state index contributed by atoms with van der Waals surface area (Å²) in [5.74, 6) is -3.29. The van der Waals surface area contributed by atoms with E-state index in [4.69, 9.17) is 10.5 Å². The largest absolute Gasteiger partial charge is 0.435 e. The third kappa shape index (κ3) is 3.86. The first kappa shape index (κ1) is 16.9. The second-order valence-electron chi connectivity index (χ2n) is 5.63. The van der Waals surface area contributed by atoms with Crippen LogP contribution in [0.5, 0.6) is 0 Å². The van der Waals surface area contributed by atoms with Gasteiger partial charge >= 0.3 is 12.0 Å². The van der Waals surface area contributed by atoms with Crippen LogP contribution < -0.4 is 5.73 Å². The number of rotatable bonds is 5. The van der Waals surface area contributed by atoms with Crippen LogP contribution in [0.4, 0.5) is 13.6 Å². The smallest absolute Gasteiger partial charge is 0.405 e. The van der Waals surface area contributed by atoms with E-state index in [1.165, 1.54) is 24.3 Å². The predicted octanol–water partition coefficient (Wildman–Crippen LogP) is 4.74. The molecule has 2 rings (SSSR count). The number of hydrogen-bond acceptors (Lipinski definition) is 2. The highest BCUT2D eigenvalue weighted by atomic mass is 19.3. The molecule has 3 nitrogen and oxygen atoms in total. The van der Waals surface area contributed by atoms with E-state index in [1.54, 1.807) is 30.3 Å². The molecular weight excluding hydrogens is 300 g/mol. The summed E-state index contributed by atoms with van der Waals surface area (Å²) < 4.78 is 34.7. The molecule has 0 heterocycles. The van der Waals surface area contributed by atoms with Crippen molar-refractivity contribution in [3.63, 3.8) is 0 Å². The van der Waals surface area contributed by atoms with Crippen molar-refractivity contribution in [2.24, 2.45) is 5.73 Å². The van der Waals surface area contributed by atoms with Crippen LogP contribution in [0, 0.1) is 0 Å². The lowest BCUT2D eigenvalue weighted by atomic mass is 9.93. The molecule has 0 bridgehead atoms. The summed E-state index contributed by atoms with van der Waals surface area (Å²) in [6, 6.07) is 14.0. The predicted molar refractivity (Wildman–Crippen MR) is 84.3 cm³/mol. The zero-order chi connectivity index (χ0) is 17.0. The maximum absolute atomic E-state index is 15.0. The van der Waals surface area contributed by atoms with Crippen LogP contribution in [0.25, 0.3) is 0 Å². The number of nitrogens with two attached hydrogens (primary N) is 1. The Morgan fingerprint density at radius 2 is 1.65 bits per heavy atom. The molecule has 1 amide bonds. The number of hydrogen-bond donors (Lipinski definition) is 1. The first-order valence-electron chi connectivity index (χ1n) is 7.31. The average Bonchev–Trinajstić information content (AvgIpc) is 2.53. The van der Waals surface area contributed by atoms with Gasteiger partial charge in [-0.25, -0.2) is 4.79 Å². The zero-order valence-corrected chi connectivity index (χ0v) is 13.0. The Morgan fingerprint density at radius 1 is 1.04 bits per heavy atom. The molecule has 2 N–H and O–H groups in total. The van der Waals surface area contributed by atoms with Gasteiger partial charge in [0.2, 0.25) is 0 Å². The second-order valence-corrected chi connectivity index (χ2v) is 5.63. The van der Waals surface area contributed by atoms with E-state index >= 15 is 0 Å². The van der Waals surface area contributed by atoms with Gasteiger partial charge in [-0.3, -0.25) is 0 Å². The fraction of sp³-hybridized carbons (Fsp3) is 0.278. The highest BCUT2D eigenvalue weighted by molar-refractivity contribution is 5.65. The van der Waals surface area contributed by atoms with Gasteiger partial charge in [0.25, 0.3) is 0 Å². The van der Waals surface area contributed by atoms with Gasteiger partial charge in [-0.2, -0.15) is 8.78 Å². The van der Waals surface area contributed by atoms with Crippen LogP contribution in [0.3, 0.4) is 0 Å². The van der Waals surface area contributed by atoms with Crippen molar-refractivity contribution in [1.29, 1.82) is 0 Å². The Balaban J connectivity index is 2.47. The van der Waals surface area contributed by atoms with Crippen molar-refractivity contribution in [1.82, 2.24) is 0 Å². The maximum atomic E-state index is 15.0. The second kappa shape index (κ2) is 6.77. The Bertz CT molecular complexity index is 672. The highest BCUT2D eigenvalue weighted by Crippen LogP contribution is 2.43. The number of carbonyl (C=O) groups excluding carboxylic acids is 1. The number of benzene rings is 2. The van der Waals surface area contributed by atoms with Crippen LogP contribution in [-0.4, -0.2) is 6.09 Å². The highest BCUT2D eigenvalue weighted by Gasteiger charge is 2.45. The van der Waals surface area contributed by atoms with Crippen molar-refractivity contribution in [2.45, 2.75) is 31.8 Å². The minimum absolute atomic E-state index is 0.109. The van der Waals surface area contributed by atoms with Crippen molar-refractivity contribution in [3.8, 4) is 0 Å². The summed E-state index contributed by atoms with van der Waals surface area (Å²) in [7, 11) is 0. The topological polar surface area (TPSA) is 52.3 Å². The molecule has 0 aromatic heterocycles. The quantitative estimate of drug-likeness (QED) is 0.865. The fourth-order valence-corrected chi connectivity index (χ4v) is 2.35. The lowest BCUT2D eigenvalue weighted by Gasteiger charge is -2.27. The Labute approximate surface area is 134 Å². The first-order chi connectivity index (χ1) is 10.8. The fourth-order valence-electron chi connectivity index (χ4n) is 2.35. The first-order valence-corrected chi connectivity index (χ1v) is 7.31. The van der Waals surface area contributed by atoms with E-state index in [2.05, 4.69) is 0 Å². The molecule has 0 unspecified atom stereocenters. The molecule has 0 fully saturated rings. The van der Waals surface area contributed by atoms with Gasteiger partial charge in [0.05, 0.1) is 0 Å². The summed E-state index contributed by atoms with van der Waals surface area (Å²) >= 11 is 0. The van der Waals surface area contributed by atoms with Crippen molar-refractivity contribution in [3.05, 3.63) is 71.3 Å². The molecule has 0 aliphatic heterocycles. The molecular formula is C18H19F2NO2. The number of primary amides is 1. The Hall–Kier alpha value is -2.43. The van der Waals surface area contributed by atoms with Crippen molar-refractivity contribution in [2.75, 3.05) is 0 Å². The molecule has 0 aliphatic carbocycles. The van der Waals surface area contributed by atoms with Crippen LogP contribution >= 0.6 is 0 Å². The van der Waals surface area contributed by atoms with E-state index in [9.17, 15) is 13.6 Å². The van der Waals surface area contributed by atoms with Gasteiger partial charge in [-0.15, -0.1) is 0 Å². The molecule has 0 aliphatic rings. The van der Waals surface area contributed by atoms with Crippen LogP contribution in [-0.2, 0) is 10.7 Å².